The molecule has 106 valence electrons. The highest BCUT2D eigenvalue weighted by molar-refractivity contribution is 5.90. The van der Waals surface area contributed by atoms with Gasteiger partial charge in [-0.3, -0.25) is 4.79 Å². The van der Waals surface area contributed by atoms with E-state index in [2.05, 4.69) is 24.3 Å². The van der Waals surface area contributed by atoms with Gasteiger partial charge in [-0.25, -0.2) is 0 Å². The van der Waals surface area contributed by atoms with E-state index in [0.717, 1.165) is 12.1 Å². The van der Waals surface area contributed by atoms with E-state index in [1.807, 2.05) is 44.2 Å². The molecule has 0 atom stereocenters. The molecule has 0 fully saturated rings. The number of rotatable bonds is 3. The molecule has 1 amide bonds. The van der Waals surface area contributed by atoms with Gasteiger partial charge < -0.3 is 4.90 Å². The van der Waals surface area contributed by atoms with Crippen LogP contribution in [0.4, 0.5) is 5.69 Å². The maximum atomic E-state index is 11.2. The van der Waals surface area contributed by atoms with Crippen molar-refractivity contribution in [1.29, 1.82) is 0 Å². The first-order valence-corrected chi connectivity index (χ1v) is 7.04. The van der Waals surface area contributed by atoms with E-state index in [9.17, 15) is 4.79 Å². The molecule has 0 bridgehead atoms. The highest BCUT2D eigenvalue weighted by atomic mass is 16.2. The number of amides is 1. The van der Waals surface area contributed by atoms with Crippen LogP contribution in [0.5, 0.6) is 0 Å². The molecular formula is C18H23NO. The van der Waals surface area contributed by atoms with Gasteiger partial charge in [0, 0.05) is 19.7 Å². The summed E-state index contributed by atoms with van der Waals surface area (Å²) in [5.74, 6) is 0.0470. The number of hydrogen-bond donors (Lipinski definition) is 0. The summed E-state index contributed by atoms with van der Waals surface area (Å²) in [7, 11) is 1.79. The molecule has 0 radical (unpaired) electrons. The third-order valence-corrected chi connectivity index (χ3v) is 3.05. The minimum Gasteiger partial charge on any atom is -0.316 e. The van der Waals surface area contributed by atoms with Crippen molar-refractivity contribution in [2.24, 2.45) is 0 Å². The molecular weight excluding hydrogens is 246 g/mol. The molecule has 20 heavy (non-hydrogen) atoms. The average molecular weight is 269 g/mol. The Kier molecular flexibility index (Phi) is 6.51. The minimum absolute atomic E-state index is 0.0470. The first kappa shape index (κ1) is 16.0. The molecule has 0 saturated carbocycles. The van der Waals surface area contributed by atoms with Crippen LogP contribution >= 0.6 is 0 Å². The quantitative estimate of drug-likeness (QED) is 0.814. The Hall–Kier alpha value is -2.09. The van der Waals surface area contributed by atoms with Crippen molar-refractivity contribution in [3.05, 3.63) is 65.7 Å². The van der Waals surface area contributed by atoms with Gasteiger partial charge in [0.15, 0.2) is 0 Å². The number of hydrogen-bond acceptors (Lipinski definition) is 1. The smallest absolute Gasteiger partial charge is 0.223 e. The summed E-state index contributed by atoms with van der Waals surface area (Å²) in [6, 6.07) is 18.5. The average Bonchev–Trinajstić information content (AvgIpc) is 2.50. The fourth-order valence-electron chi connectivity index (χ4n) is 1.85. The van der Waals surface area contributed by atoms with Crippen LogP contribution in [0.25, 0.3) is 0 Å². The molecule has 2 rings (SSSR count). The van der Waals surface area contributed by atoms with Crippen molar-refractivity contribution >= 4 is 11.6 Å². The fourth-order valence-corrected chi connectivity index (χ4v) is 1.85. The van der Waals surface area contributed by atoms with E-state index in [1.165, 1.54) is 11.1 Å². The lowest BCUT2D eigenvalue weighted by atomic mass is 10.0. The summed E-state index contributed by atoms with van der Waals surface area (Å²) in [5, 5.41) is 0. The lowest BCUT2D eigenvalue weighted by Gasteiger charge is -2.15. The molecule has 2 nitrogen and oxygen atoms in total. The molecule has 0 aliphatic carbocycles. The maximum Gasteiger partial charge on any atom is 0.223 e. The van der Waals surface area contributed by atoms with Crippen LogP contribution in [0.1, 0.15) is 31.9 Å². The van der Waals surface area contributed by atoms with Gasteiger partial charge in [-0.05, 0) is 29.7 Å². The van der Waals surface area contributed by atoms with Gasteiger partial charge in [-0.1, -0.05) is 56.3 Å². The van der Waals surface area contributed by atoms with Gasteiger partial charge in [0.25, 0.3) is 0 Å². The summed E-state index contributed by atoms with van der Waals surface area (Å²) in [4.78, 5) is 12.9. The van der Waals surface area contributed by atoms with Gasteiger partial charge in [-0.2, -0.15) is 0 Å². The predicted molar refractivity (Wildman–Crippen MR) is 86.1 cm³/mol. The fraction of sp³-hybridized carbons (Fsp3) is 0.278. The Bertz CT molecular complexity index is 517. The Balaban J connectivity index is 0.000000956. The van der Waals surface area contributed by atoms with E-state index >= 15 is 0 Å². The van der Waals surface area contributed by atoms with Gasteiger partial charge in [0.1, 0.15) is 0 Å². The van der Waals surface area contributed by atoms with Gasteiger partial charge >= 0.3 is 0 Å². The SMILES string of the molecule is CC.CC(=O)N(C)c1ccc(Cc2ccccc2)cc1. The van der Waals surface area contributed by atoms with Gasteiger partial charge in [-0.15, -0.1) is 0 Å². The summed E-state index contributed by atoms with van der Waals surface area (Å²) < 4.78 is 0. The standard InChI is InChI=1S/C16H17NO.C2H6/c1-13(18)17(2)16-10-8-15(9-11-16)12-14-6-4-3-5-7-14;1-2/h3-11H,12H2,1-2H3;1-2H3. The largest absolute Gasteiger partial charge is 0.316 e. The monoisotopic (exact) mass is 269 g/mol. The Labute approximate surface area is 122 Å². The normalized spacial score (nSPS) is 9.40. The number of anilines is 1. The Morgan fingerprint density at radius 2 is 1.40 bits per heavy atom. The van der Waals surface area contributed by atoms with Crippen molar-refractivity contribution in [3.8, 4) is 0 Å². The zero-order valence-electron chi connectivity index (χ0n) is 12.8. The van der Waals surface area contributed by atoms with E-state index < -0.39 is 0 Å². The highest BCUT2D eigenvalue weighted by Crippen LogP contribution is 2.16. The van der Waals surface area contributed by atoms with Crippen molar-refractivity contribution in [2.75, 3.05) is 11.9 Å². The van der Waals surface area contributed by atoms with Crippen molar-refractivity contribution in [3.63, 3.8) is 0 Å². The highest BCUT2D eigenvalue weighted by Gasteiger charge is 2.04. The molecule has 0 aliphatic heterocycles. The molecule has 0 heterocycles. The van der Waals surface area contributed by atoms with E-state index in [-0.39, 0.29) is 5.91 Å². The summed E-state index contributed by atoms with van der Waals surface area (Å²) in [6.45, 7) is 5.57. The van der Waals surface area contributed by atoms with Crippen LogP contribution in [0, 0.1) is 0 Å². The van der Waals surface area contributed by atoms with Crippen LogP contribution in [0.2, 0.25) is 0 Å². The van der Waals surface area contributed by atoms with E-state index in [0.29, 0.717) is 0 Å². The summed E-state index contributed by atoms with van der Waals surface area (Å²) in [5.41, 5.74) is 3.48. The first-order chi connectivity index (χ1) is 9.66. The third-order valence-electron chi connectivity index (χ3n) is 3.05. The number of carbonyl (C=O) groups is 1. The summed E-state index contributed by atoms with van der Waals surface area (Å²) >= 11 is 0. The Morgan fingerprint density at radius 3 is 1.90 bits per heavy atom. The van der Waals surface area contributed by atoms with Crippen molar-refractivity contribution in [2.45, 2.75) is 27.2 Å². The lowest BCUT2D eigenvalue weighted by Crippen LogP contribution is -2.22. The van der Waals surface area contributed by atoms with Crippen molar-refractivity contribution in [1.82, 2.24) is 0 Å². The number of carbonyl (C=O) groups excluding carboxylic acids is 1. The predicted octanol–water partition coefficient (Wildman–Crippen LogP) is 4.29. The molecule has 0 spiro atoms. The zero-order chi connectivity index (χ0) is 15.0. The number of benzene rings is 2. The van der Waals surface area contributed by atoms with E-state index in [1.54, 1.807) is 18.9 Å². The van der Waals surface area contributed by atoms with E-state index in [4.69, 9.17) is 0 Å². The lowest BCUT2D eigenvalue weighted by molar-refractivity contribution is -0.116. The second kappa shape index (κ2) is 8.16. The summed E-state index contributed by atoms with van der Waals surface area (Å²) in [6.07, 6.45) is 0.922. The first-order valence-electron chi connectivity index (χ1n) is 7.04. The number of nitrogens with zero attached hydrogens (tertiary/aromatic N) is 1. The van der Waals surface area contributed by atoms with Crippen LogP contribution in [-0.2, 0) is 11.2 Å². The molecule has 0 saturated heterocycles. The van der Waals surface area contributed by atoms with Crippen molar-refractivity contribution < 1.29 is 4.79 Å². The second-order valence-electron chi connectivity index (χ2n) is 4.41. The Morgan fingerprint density at radius 1 is 0.900 bits per heavy atom. The molecule has 0 unspecified atom stereocenters. The molecule has 2 heteroatoms. The molecule has 0 aromatic heterocycles. The molecule has 0 aliphatic rings. The van der Waals surface area contributed by atoms with Crippen LogP contribution in [0.15, 0.2) is 54.6 Å². The molecule has 2 aromatic carbocycles. The van der Waals surface area contributed by atoms with Crippen LogP contribution < -0.4 is 4.90 Å². The third kappa shape index (κ3) is 4.54. The second-order valence-corrected chi connectivity index (χ2v) is 4.41. The minimum atomic E-state index is 0.0470. The zero-order valence-corrected chi connectivity index (χ0v) is 12.8. The molecule has 2 aromatic rings. The van der Waals surface area contributed by atoms with Gasteiger partial charge in [0.05, 0.1) is 0 Å². The maximum absolute atomic E-state index is 11.2. The van der Waals surface area contributed by atoms with Crippen LogP contribution in [0.3, 0.4) is 0 Å². The van der Waals surface area contributed by atoms with Crippen LogP contribution in [-0.4, -0.2) is 13.0 Å². The topological polar surface area (TPSA) is 20.3 Å². The van der Waals surface area contributed by atoms with Gasteiger partial charge in [0.2, 0.25) is 5.91 Å². The molecule has 0 N–H and O–H groups in total.